The van der Waals surface area contributed by atoms with E-state index < -0.39 is 0 Å². The number of methoxy groups -OCH3 is 1. The molecule has 0 radical (unpaired) electrons. The number of rotatable bonds is 4. The van der Waals surface area contributed by atoms with Gasteiger partial charge >= 0.3 is 0 Å². The fourth-order valence-corrected chi connectivity index (χ4v) is 1.64. The highest BCUT2D eigenvalue weighted by Crippen LogP contribution is 2.26. The number of phenolic OH excluding ortho intramolecular Hbond substituents is 1. The quantitative estimate of drug-likeness (QED) is 0.897. The molecule has 3 nitrogen and oxygen atoms in total. The maximum atomic E-state index is 9.57. The van der Waals surface area contributed by atoms with E-state index in [1.807, 2.05) is 37.3 Å². The van der Waals surface area contributed by atoms with Crippen LogP contribution in [0.4, 0.5) is 0 Å². The van der Waals surface area contributed by atoms with Crippen LogP contribution in [0.15, 0.2) is 42.5 Å². The fraction of sp³-hybridized carbons (Fsp3) is 0.200. The highest BCUT2D eigenvalue weighted by atomic mass is 16.5. The van der Waals surface area contributed by atoms with Crippen molar-refractivity contribution in [1.29, 1.82) is 0 Å². The third-order valence-corrected chi connectivity index (χ3v) is 2.81. The molecule has 0 amide bonds. The first kappa shape index (κ1) is 12.3. The van der Waals surface area contributed by atoms with Gasteiger partial charge in [0.25, 0.3) is 0 Å². The average Bonchev–Trinajstić information content (AvgIpc) is 2.41. The summed E-state index contributed by atoms with van der Waals surface area (Å²) in [6, 6.07) is 13.0. The van der Waals surface area contributed by atoms with Gasteiger partial charge in [-0.3, -0.25) is 0 Å². The molecule has 1 N–H and O–H groups in total. The van der Waals surface area contributed by atoms with Crippen molar-refractivity contribution in [3.63, 3.8) is 0 Å². The summed E-state index contributed by atoms with van der Waals surface area (Å²) in [5, 5.41) is 9.57. The molecule has 2 rings (SSSR count). The summed E-state index contributed by atoms with van der Waals surface area (Å²) in [5.41, 5.74) is 1.81. The second-order valence-electron chi connectivity index (χ2n) is 4.04. The SMILES string of the molecule is COc1ccc(COc2cccc(O)c2C)cc1. The third-order valence-electron chi connectivity index (χ3n) is 2.81. The van der Waals surface area contributed by atoms with Crippen LogP contribution in [0, 0.1) is 6.92 Å². The highest BCUT2D eigenvalue weighted by molar-refractivity contribution is 5.42. The van der Waals surface area contributed by atoms with Gasteiger partial charge in [0.1, 0.15) is 23.9 Å². The van der Waals surface area contributed by atoms with E-state index in [4.69, 9.17) is 9.47 Å². The predicted molar refractivity (Wildman–Crippen MR) is 70.2 cm³/mol. The van der Waals surface area contributed by atoms with Crippen LogP contribution >= 0.6 is 0 Å². The highest BCUT2D eigenvalue weighted by Gasteiger charge is 2.03. The minimum atomic E-state index is 0.252. The Morgan fingerprint density at radius 2 is 1.78 bits per heavy atom. The lowest BCUT2D eigenvalue weighted by Crippen LogP contribution is -1.97. The summed E-state index contributed by atoms with van der Waals surface area (Å²) in [5.74, 6) is 1.78. The summed E-state index contributed by atoms with van der Waals surface area (Å²) in [4.78, 5) is 0. The Morgan fingerprint density at radius 3 is 2.44 bits per heavy atom. The van der Waals surface area contributed by atoms with E-state index in [2.05, 4.69) is 0 Å². The van der Waals surface area contributed by atoms with Crippen molar-refractivity contribution in [2.75, 3.05) is 7.11 Å². The second-order valence-corrected chi connectivity index (χ2v) is 4.04. The Morgan fingerprint density at radius 1 is 1.06 bits per heavy atom. The van der Waals surface area contributed by atoms with Crippen LogP contribution < -0.4 is 9.47 Å². The standard InChI is InChI=1S/C15H16O3/c1-11-14(16)4-3-5-15(11)18-10-12-6-8-13(17-2)9-7-12/h3-9,16H,10H2,1-2H3. The first-order valence-corrected chi connectivity index (χ1v) is 5.75. The second kappa shape index (κ2) is 5.45. The molecule has 0 saturated carbocycles. The molecule has 0 aliphatic carbocycles. The minimum Gasteiger partial charge on any atom is -0.508 e. The third kappa shape index (κ3) is 2.74. The van der Waals surface area contributed by atoms with Crippen LogP contribution in [0.5, 0.6) is 17.2 Å². The van der Waals surface area contributed by atoms with Gasteiger partial charge in [-0.05, 0) is 36.8 Å². The molecule has 0 heterocycles. The van der Waals surface area contributed by atoms with Crippen LogP contribution in [0.25, 0.3) is 0 Å². The fourth-order valence-electron chi connectivity index (χ4n) is 1.64. The Balaban J connectivity index is 2.04. The molecule has 0 aliphatic heterocycles. The van der Waals surface area contributed by atoms with E-state index in [1.165, 1.54) is 0 Å². The van der Waals surface area contributed by atoms with Gasteiger partial charge < -0.3 is 14.6 Å². The zero-order valence-corrected chi connectivity index (χ0v) is 10.5. The Labute approximate surface area is 107 Å². The first-order valence-electron chi connectivity index (χ1n) is 5.75. The molecule has 94 valence electrons. The Hall–Kier alpha value is -2.16. The van der Waals surface area contributed by atoms with Crippen molar-refractivity contribution in [1.82, 2.24) is 0 Å². The number of aromatic hydroxyl groups is 1. The number of phenols is 1. The van der Waals surface area contributed by atoms with Crippen LogP contribution in [-0.2, 0) is 6.61 Å². The maximum absolute atomic E-state index is 9.57. The van der Waals surface area contributed by atoms with Gasteiger partial charge in [0.05, 0.1) is 7.11 Å². The van der Waals surface area contributed by atoms with E-state index in [1.54, 1.807) is 19.2 Å². The first-order chi connectivity index (χ1) is 8.70. The van der Waals surface area contributed by atoms with Crippen molar-refractivity contribution in [2.24, 2.45) is 0 Å². The largest absolute Gasteiger partial charge is 0.508 e. The molecule has 0 spiro atoms. The average molecular weight is 244 g/mol. The summed E-state index contributed by atoms with van der Waals surface area (Å²) in [6.07, 6.45) is 0. The van der Waals surface area contributed by atoms with Gasteiger partial charge in [0.2, 0.25) is 0 Å². The number of hydrogen-bond donors (Lipinski definition) is 1. The monoisotopic (exact) mass is 244 g/mol. The molecule has 18 heavy (non-hydrogen) atoms. The summed E-state index contributed by atoms with van der Waals surface area (Å²) >= 11 is 0. The lowest BCUT2D eigenvalue weighted by Gasteiger charge is -2.10. The van der Waals surface area contributed by atoms with E-state index in [0.29, 0.717) is 12.4 Å². The zero-order chi connectivity index (χ0) is 13.0. The van der Waals surface area contributed by atoms with E-state index in [0.717, 1.165) is 16.9 Å². The molecule has 0 saturated heterocycles. The van der Waals surface area contributed by atoms with Crippen LogP contribution in [-0.4, -0.2) is 12.2 Å². The van der Waals surface area contributed by atoms with Crippen molar-refractivity contribution < 1.29 is 14.6 Å². The molecule has 0 aliphatic rings. The maximum Gasteiger partial charge on any atom is 0.126 e. The van der Waals surface area contributed by atoms with Gasteiger partial charge in [-0.15, -0.1) is 0 Å². The molecular weight excluding hydrogens is 228 g/mol. The molecule has 0 atom stereocenters. The number of hydrogen-bond acceptors (Lipinski definition) is 3. The van der Waals surface area contributed by atoms with Gasteiger partial charge in [-0.1, -0.05) is 18.2 Å². The summed E-state index contributed by atoms with van der Waals surface area (Å²) in [7, 11) is 1.64. The van der Waals surface area contributed by atoms with Crippen molar-refractivity contribution in [3.05, 3.63) is 53.6 Å². The molecule has 0 fully saturated rings. The minimum absolute atomic E-state index is 0.252. The summed E-state index contributed by atoms with van der Waals surface area (Å²) in [6.45, 7) is 2.30. The molecule has 0 aromatic heterocycles. The van der Waals surface area contributed by atoms with Crippen molar-refractivity contribution in [2.45, 2.75) is 13.5 Å². The molecule has 2 aromatic rings. The lowest BCUT2D eigenvalue weighted by molar-refractivity contribution is 0.301. The van der Waals surface area contributed by atoms with Crippen LogP contribution in [0.2, 0.25) is 0 Å². The predicted octanol–water partition coefficient (Wildman–Crippen LogP) is 3.29. The van der Waals surface area contributed by atoms with Crippen molar-refractivity contribution in [3.8, 4) is 17.2 Å². The number of ether oxygens (including phenoxy) is 2. The van der Waals surface area contributed by atoms with Crippen molar-refractivity contribution >= 4 is 0 Å². The van der Waals surface area contributed by atoms with E-state index in [9.17, 15) is 5.11 Å². The molecule has 3 heteroatoms. The normalized spacial score (nSPS) is 10.1. The zero-order valence-electron chi connectivity index (χ0n) is 10.5. The molecular formula is C15H16O3. The summed E-state index contributed by atoms with van der Waals surface area (Å²) < 4.78 is 10.8. The molecule has 0 unspecified atom stereocenters. The lowest BCUT2D eigenvalue weighted by atomic mass is 10.2. The topological polar surface area (TPSA) is 38.7 Å². The molecule has 2 aromatic carbocycles. The van der Waals surface area contributed by atoms with Gasteiger partial charge in [0.15, 0.2) is 0 Å². The van der Waals surface area contributed by atoms with E-state index in [-0.39, 0.29) is 5.75 Å². The van der Waals surface area contributed by atoms with E-state index >= 15 is 0 Å². The van der Waals surface area contributed by atoms with Crippen LogP contribution in [0.3, 0.4) is 0 Å². The van der Waals surface area contributed by atoms with Gasteiger partial charge in [-0.25, -0.2) is 0 Å². The number of benzene rings is 2. The van der Waals surface area contributed by atoms with Crippen LogP contribution in [0.1, 0.15) is 11.1 Å². The van der Waals surface area contributed by atoms with Gasteiger partial charge in [-0.2, -0.15) is 0 Å². The Kier molecular flexibility index (Phi) is 3.72. The smallest absolute Gasteiger partial charge is 0.126 e. The Bertz CT molecular complexity index is 518. The van der Waals surface area contributed by atoms with Gasteiger partial charge in [0, 0.05) is 5.56 Å². The molecule has 0 bridgehead atoms.